The van der Waals surface area contributed by atoms with E-state index in [2.05, 4.69) is 15.2 Å². The van der Waals surface area contributed by atoms with Gasteiger partial charge in [0.25, 0.3) is 5.91 Å². The average molecular weight is 461 g/mol. The molecular weight excluding hydrogens is 428 g/mol. The summed E-state index contributed by atoms with van der Waals surface area (Å²) in [5, 5.41) is 2.91. The maximum atomic E-state index is 13.2. The Kier molecular flexibility index (Phi) is 8.09. The number of sulfonamides is 1. The molecule has 2 aromatic rings. The average Bonchev–Trinajstić information content (AvgIpc) is 2.81. The standard InChI is InChI=1S/C23H32N4O4S/c1-4-26(5-2)21-13-12-18(32(29,30)27-15-8-7-9-16-27)17-20(21)25-22(28)19-11-10-14-24-23(19)31-6-3/h10-14,17H,4-9,15-16H2,1-3H3,(H,25,28). The van der Waals surface area contributed by atoms with Gasteiger partial charge in [0.1, 0.15) is 5.56 Å². The van der Waals surface area contributed by atoms with Crippen LogP contribution in [0, 0.1) is 0 Å². The first-order chi connectivity index (χ1) is 15.4. The number of ether oxygens (including phenoxy) is 1. The number of pyridine rings is 1. The molecule has 3 rings (SSSR count). The third-order valence-corrected chi connectivity index (χ3v) is 7.46. The largest absolute Gasteiger partial charge is 0.477 e. The second kappa shape index (κ2) is 10.8. The lowest BCUT2D eigenvalue weighted by atomic mass is 10.2. The van der Waals surface area contributed by atoms with E-state index in [1.807, 2.05) is 20.8 Å². The van der Waals surface area contributed by atoms with Crippen LogP contribution in [-0.2, 0) is 10.0 Å². The zero-order valence-electron chi connectivity index (χ0n) is 19.0. The molecule has 1 saturated heterocycles. The second-order valence-electron chi connectivity index (χ2n) is 7.56. The monoisotopic (exact) mass is 460 g/mol. The summed E-state index contributed by atoms with van der Waals surface area (Å²) < 4.78 is 33.5. The molecule has 0 spiro atoms. The van der Waals surface area contributed by atoms with Crippen LogP contribution in [0.5, 0.6) is 5.88 Å². The first kappa shape index (κ1) is 24.0. The van der Waals surface area contributed by atoms with Crippen molar-refractivity contribution >= 4 is 27.3 Å². The van der Waals surface area contributed by atoms with E-state index in [4.69, 9.17) is 4.74 Å². The molecule has 0 aliphatic carbocycles. The normalized spacial score (nSPS) is 14.7. The summed E-state index contributed by atoms with van der Waals surface area (Å²) in [6.45, 7) is 8.72. The molecule has 1 aromatic carbocycles. The van der Waals surface area contributed by atoms with Crippen molar-refractivity contribution < 1.29 is 17.9 Å². The Morgan fingerprint density at radius 2 is 1.84 bits per heavy atom. The highest BCUT2D eigenvalue weighted by atomic mass is 32.2. The number of carbonyl (C=O) groups excluding carboxylic acids is 1. The second-order valence-corrected chi connectivity index (χ2v) is 9.50. The predicted molar refractivity (Wildman–Crippen MR) is 126 cm³/mol. The summed E-state index contributed by atoms with van der Waals surface area (Å²) in [7, 11) is -3.63. The van der Waals surface area contributed by atoms with E-state index < -0.39 is 15.9 Å². The number of hydrogen-bond acceptors (Lipinski definition) is 6. The lowest BCUT2D eigenvalue weighted by Gasteiger charge is -2.28. The van der Waals surface area contributed by atoms with Crippen molar-refractivity contribution in [2.24, 2.45) is 0 Å². The molecule has 0 radical (unpaired) electrons. The van der Waals surface area contributed by atoms with E-state index in [9.17, 15) is 13.2 Å². The number of carbonyl (C=O) groups is 1. The molecule has 1 fully saturated rings. The van der Waals surface area contributed by atoms with Crippen LogP contribution in [0.2, 0.25) is 0 Å². The van der Waals surface area contributed by atoms with E-state index in [1.54, 1.807) is 36.5 Å². The van der Waals surface area contributed by atoms with E-state index in [0.717, 1.165) is 24.9 Å². The minimum Gasteiger partial charge on any atom is -0.477 e. The highest BCUT2D eigenvalue weighted by molar-refractivity contribution is 7.89. The van der Waals surface area contributed by atoms with E-state index in [-0.39, 0.29) is 10.8 Å². The molecule has 0 bridgehead atoms. The van der Waals surface area contributed by atoms with Crippen molar-refractivity contribution in [2.75, 3.05) is 43.0 Å². The number of anilines is 2. The van der Waals surface area contributed by atoms with Gasteiger partial charge in [-0.1, -0.05) is 6.42 Å². The SMILES string of the molecule is CCOc1ncccc1C(=O)Nc1cc(S(=O)(=O)N2CCCCC2)ccc1N(CC)CC. The zero-order valence-corrected chi connectivity index (χ0v) is 19.8. The number of amides is 1. The Bertz CT molecular complexity index is 1030. The summed E-state index contributed by atoms with van der Waals surface area (Å²) >= 11 is 0. The number of aromatic nitrogens is 1. The van der Waals surface area contributed by atoms with Gasteiger partial charge in [-0.3, -0.25) is 4.79 Å². The number of nitrogens with one attached hydrogen (secondary N) is 1. The Balaban J connectivity index is 2.00. The maximum Gasteiger partial charge on any atom is 0.261 e. The Morgan fingerprint density at radius 1 is 1.12 bits per heavy atom. The first-order valence-corrected chi connectivity index (χ1v) is 12.6. The minimum absolute atomic E-state index is 0.182. The predicted octanol–water partition coefficient (Wildman–Crippen LogP) is 3.75. The maximum absolute atomic E-state index is 13.2. The van der Waals surface area contributed by atoms with Crippen LogP contribution in [0.1, 0.15) is 50.4 Å². The summed E-state index contributed by atoms with van der Waals surface area (Å²) in [5.74, 6) is -0.156. The number of hydrogen-bond donors (Lipinski definition) is 1. The summed E-state index contributed by atoms with van der Waals surface area (Å²) in [6, 6.07) is 8.26. The van der Waals surface area contributed by atoms with Gasteiger partial charge in [0, 0.05) is 32.4 Å². The van der Waals surface area contributed by atoms with Crippen LogP contribution in [0.15, 0.2) is 41.4 Å². The van der Waals surface area contributed by atoms with Crippen molar-refractivity contribution in [1.29, 1.82) is 0 Å². The summed E-state index contributed by atoms with van der Waals surface area (Å²) in [5.41, 5.74) is 1.51. The van der Waals surface area contributed by atoms with Gasteiger partial charge >= 0.3 is 0 Å². The fourth-order valence-corrected chi connectivity index (χ4v) is 5.42. The molecule has 32 heavy (non-hydrogen) atoms. The molecule has 1 aromatic heterocycles. The van der Waals surface area contributed by atoms with Gasteiger partial charge in [-0.05, 0) is 63.9 Å². The van der Waals surface area contributed by atoms with Crippen molar-refractivity contribution in [3.8, 4) is 5.88 Å². The quantitative estimate of drug-likeness (QED) is 0.613. The van der Waals surface area contributed by atoms with Crippen LogP contribution in [0.25, 0.3) is 0 Å². The third kappa shape index (κ3) is 5.21. The third-order valence-electron chi connectivity index (χ3n) is 5.57. The summed E-state index contributed by atoms with van der Waals surface area (Å²) in [6.07, 6.45) is 4.33. The van der Waals surface area contributed by atoms with E-state index in [1.165, 1.54) is 4.31 Å². The van der Waals surface area contributed by atoms with Gasteiger partial charge in [0.2, 0.25) is 15.9 Å². The van der Waals surface area contributed by atoms with Crippen LogP contribution in [0.3, 0.4) is 0 Å². The molecular formula is C23H32N4O4S. The van der Waals surface area contributed by atoms with E-state index in [0.29, 0.717) is 44.0 Å². The number of benzene rings is 1. The molecule has 9 heteroatoms. The topological polar surface area (TPSA) is 91.8 Å². The molecule has 8 nitrogen and oxygen atoms in total. The number of nitrogens with zero attached hydrogens (tertiary/aromatic N) is 3. The van der Waals surface area contributed by atoms with Gasteiger partial charge in [-0.25, -0.2) is 13.4 Å². The first-order valence-electron chi connectivity index (χ1n) is 11.2. The minimum atomic E-state index is -3.63. The van der Waals surface area contributed by atoms with Gasteiger partial charge < -0.3 is 15.0 Å². The Labute approximate surface area is 190 Å². The lowest BCUT2D eigenvalue weighted by Crippen LogP contribution is -2.35. The van der Waals surface area contributed by atoms with Crippen molar-refractivity contribution in [1.82, 2.24) is 9.29 Å². The molecule has 1 aliphatic heterocycles. The van der Waals surface area contributed by atoms with Crippen molar-refractivity contribution in [2.45, 2.75) is 44.9 Å². The Hall–Kier alpha value is -2.65. The molecule has 0 unspecified atom stereocenters. The fraction of sp³-hybridized carbons (Fsp3) is 0.478. The van der Waals surface area contributed by atoms with Crippen LogP contribution in [0.4, 0.5) is 11.4 Å². The number of piperidine rings is 1. The highest BCUT2D eigenvalue weighted by Crippen LogP contribution is 2.32. The number of rotatable bonds is 9. The van der Waals surface area contributed by atoms with Crippen LogP contribution < -0.4 is 15.0 Å². The fourth-order valence-electron chi connectivity index (χ4n) is 3.88. The lowest BCUT2D eigenvalue weighted by molar-refractivity contribution is 0.102. The van der Waals surface area contributed by atoms with Crippen molar-refractivity contribution in [3.05, 3.63) is 42.1 Å². The van der Waals surface area contributed by atoms with Crippen LogP contribution in [-0.4, -0.2) is 56.4 Å². The van der Waals surface area contributed by atoms with E-state index >= 15 is 0 Å². The molecule has 0 atom stereocenters. The van der Waals surface area contributed by atoms with Gasteiger partial charge in [0.05, 0.1) is 22.9 Å². The smallest absolute Gasteiger partial charge is 0.261 e. The van der Waals surface area contributed by atoms with Gasteiger partial charge in [0.15, 0.2) is 0 Å². The van der Waals surface area contributed by atoms with Crippen LogP contribution >= 0.6 is 0 Å². The molecule has 1 aliphatic rings. The molecule has 0 saturated carbocycles. The molecule has 2 heterocycles. The molecule has 174 valence electrons. The molecule has 1 N–H and O–H groups in total. The van der Waals surface area contributed by atoms with Crippen molar-refractivity contribution in [3.63, 3.8) is 0 Å². The zero-order chi connectivity index (χ0) is 23.1. The highest BCUT2D eigenvalue weighted by Gasteiger charge is 2.27. The summed E-state index contributed by atoms with van der Waals surface area (Å²) in [4.78, 5) is 19.5. The molecule has 1 amide bonds. The van der Waals surface area contributed by atoms with Gasteiger partial charge in [-0.15, -0.1) is 0 Å². The van der Waals surface area contributed by atoms with Gasteiger partial charge in [-0.2, -0.15) is 4.31 Å². The Morgan fingerprint density at radius 3 is 2.50 bits per heavy atom.